The molecule has 0 aliphatic rings. The smallest absolute Gasteiger partial charge is 0.165 e. The predicted octanol–water partition coefficient (Wildman–Crippen LogP) is 4.48. The van der Waals surface area contributed by atoms with Gasteiger partial charge in [-0.1, -0.05) is 36.4 Å². The molecule has 0 radical (unpaired) electrons. The number of phenols is 4. The van der Waals surface area contributed by atoms with E-state index < -0.39 is 0 Å². The fourth-order valence-corrected chi connectivity index (χ4v) is 3.03. The van der Waals surface area contributed by atoms with Crippen LogP contribution in [0.2, 0.25) is 0 Å². The number of fused-ring (bicyclic) bond motifs is 2. The van der Waals surface area contributed by atoms with Crippen LogP contribution in [0.3, 0.4) is 0 Å². The zero-order valence-corrected chi connectivity index (χ0v) is 12.6. The van der Waals surface area contributed by atoms with Crippen LogP contribution in [0.25, 0.3) is 32.7 Å². The Labute approximate surface area is 137 Å². The molecule has 0 saturated carbocycles. The number of hydrogen-bond donors (Lipinski definition) is 4. The molecular weight excluding hydrogens is 304 g/mol. The molecule has 0 aliphatic heterocycles. The maximum Gasteiger partial charge on any atom is 0.165 e. The van der Waals surface area contributed by atoms with Gasteiger partial charge in [0.1, 0.15) is 11.5 Å². The van der Waals surface area contributed by atoms with E-state index in [0.717, 1.165) is 5.39 Å². The highest BCUT2D eigenvalue weighted by Gasteiger charge is 2.13. The molecule has 4 nitrogen and oxygen atoms in total. The summed E-state index contributed by atoms with van der Waals surface area (Å²) >= 11 is 0. The third-order valence-corrected chi connectivity index (χ3v) is 4.28. The summed E-state index contributed by atoms with van der Waals surface area (Å²) in [7, 11) is 0. The average molecular weight is 318 g/mol. The van der Waals surface area contributed by atoms with Gasteiger partial charge in [0, 0.05) is 21.7 Å². The van der Waals surface area contributed by atoms with Gasteiger partial charge in [-0.2, -0.15) is 0 Å². The fourth-order valence-electron chi connectivity index (χ4n) is 3.03. The third kappa shape index (κ3) is 2.01. The highest BCUT2D eigenvalue weighted by atomic mass is 16.3. The minimum atomic E-state index is -0.179. The summed E-state index contributed by atoms with van der Waals surface area (Å²) in [6, 6.07) is 16.9. The fraction of sp³-hybridized carbons (Fsp3) is 0. The van der Waals surface area contributed by atoms with E-state index in [9.17, 15) is 20.4 Å². The number of phenolic OH excluding ortho intramolecular Hbond substituents is 4. The van der Waals surface area contributed by atoms with E-state index in [1.807, 2.05) is 0 Å². The first kappa shape index (κ1) is 14.2. The van der Waals surface area contributed by atoms with Gasteiger partial charge in [0.15, 0.2) is 11.5 Å². The lowest BCUT2D eigenvalue weighted by Gasteiger charge is -2.11. The Morgan fingerprint density at radius 3 is 2.08 bits per heavy atom. The van der Waals surface area contributed by atoms with Gasteiger partial charge in [0.2, 0.25) is 0 Å². The second-order valence-corrected chi connectivity index (χ2v) is 5.71. The van der Waals surface area contributed by atoms with Crippen molar-refractivity contribution in [1.29, 1.82) is 0 Å². The molecule has 0 fully saturated rings. The van der Waals surface area contributed by atoms with Crippen molar-refractivity contribution in [2.75, 3.05) is 0 Å². The van der Waals surface area contributed by atoms with Crippen molar-refractivity contribution in [1.82, 2.24) is 0 Å². The lowest BCUT2D eigenvalue weighted by molar-refractivity contribution is 0.408. The summed E-state index contributed by atoms with van der Waals surface area (Å²) in [4.78, 5) is 0. The maximum atomic E-state index is 10.6. The Kier molecular flexibility index (Phi) is 3.00. The van der Waals surface area contributed by atoms with Crippen molar-refractivity contribution in [2.45, 2.75) is 0 Å². The van der Waals surface area contributed by atoms with Crippen molar-refractivity contribution in [2.24, 2.45) is 0 Å². The van der Waals surface area contributed by atoms with Gasteiger partial charge < -0.3 is 20.4 Å². The second-order valence-electron chi connectivity index (χ2n) is 5.71. The molecule has 0 aromatic heterocycles. The Morgan fingerprint density at radius 2 is 1.29 bits per heavy atom. The van der Waals surface area contributed by atoms with Gasteiger partial charge in [0.05, 0.1) is 0 Å². The quantitative estimate of drug-likeness (QED) is 0.308. The van der Waals surface area contributed by atoms with E-state index >= 15 is 0 Å². The maximum absolute atomic E-state index is 10.6. The molecule has 0 spiro atoms. The van der Waals surface area contributed by atoms with Gasteiger partial charge in [-0.25, -0.2) is 0 Å². The van der Waals surface area contributed by atoms with Crippen LogP contribution < -0.4 is 0 Å². The summed E-state index contributed by atoms with van der Waals surface area (Å²) in [5.74, 6) is -0.177. The highest BCUT2D eigenvalue weighted by Crippen LogP contribution is 2.42. The van der Waals surface area contributed by atoms with Gasteiger partial charge in [-0.3, -0.25) is 0 Å². The van der Waals surface area contributed by atoms with Crippen molar-refractivity contribution in [3.8, 4) is 34.1 Å². The predicted molar refractivity (Wildman–Crippen MR) is 93.5 cm³/mol. The van der Waals surface area contributed by atoms with Crippen molar-refractivity contribution in [3.05, 3.63) is 60.7 Å². The molecule has 4 heteroatoms. The number of aromatic hydroxyl groups is 4. The van der Waals surface area contributed by atoms with E-state index in [2.05, 4.69) is 0 Å². The van der Waals surface area contributed by atoms with Gasteiger partial charge >= 0.3 is 0 Å². The van der Waals surface area contributed by atoms with Gasteiger partial charge in [-0.15, -0.1) is 0 Å². The van der Waals surface area contributed by atoms with Crippen molar-refractivity contribution >= 4 is 21.5 Å². The molecule has 24 heavy (non-hydrogen) atoms. The molecule has 0 bridgehead atoms. The summed E-state index contributed by atoms with van der Waals surface area (Å²) in [5, 5.41) is 42.7. The Balaban J connectivity index is 1.99. The van der Waals surface area contributed by atoms with E-state index in [1.54, 1.807) is 48.5 Å². The molecule has 0 saturated heterocycles. The van der Waals surface area contributed by atoms with Crippen molar-refractivity contribution < 1.29 is 20.4 Å². The number of hydrogen-bond acceptors (Lipinski definition) is 4. The molecule has 0 atom stereocenters. The van der Waals surface area contributed by atoms with Crippen LogP contribution in [0.15, 0.2) is 60.7 Å². The van der Waals surface area contributed by atoms with Crippen LogP contribution in [0.1, 0.15) is 0 Å². The Hall–Kier alpha value is -3.40. The van der Waals surface area contributed by atoms with Crippen molar-refractivity contribution in [3.63, 3.8) is 0 Å². The van der Waals surface area contributed by atoms with Crippen LogP contribution in [0, 0.1) is 0 Å². The second kappa shape index (κ2) is 5.06. The molecule has 4 rings (SSSR count). The largest absolute Gasteiger partial charge is 0.507 e. The summed E-state index contributed by atoms with van der Waals surface area (Å²) in [5.41, 5.74) is 1.20. The SMILES string of the molecule is Oc1ccc2cc(-c3cc(O)c4ccccc4c3O)ccc2c1O. The molecule has 0 aliphatic carbocycles. The standard InChI is InChI=1S/C20H14O4/c21-17-8-6-11-9-12(5-7-13(11)20(17)24)16-10-18(22)14-3-1-2-4-15(14)19(16)23/h1-10,21-24H. The number of rotatable bonds is 1. The monoisotopic (exact) mass is 318 g/mol. The van der Waals surface area contributed by atoms with E-state index in [0.29, 0.717) is 27.3 Å². The minimum Gasteiger partial charge on any atom is -0.507 e. The lowest BCUT2D eigenvalue weighted by atomic mass is 9.96. The summed E-state index contributed by atoms with van der Waals surface area (Å²) in [6.45, 7) is 0. The first-order valence-electron chi connectivity index (χ1n) is 7.45. The van der Waals surface area contributed by atoms with E-state index in [4.69, 9.17) is 0 Å². The van der Waals surface area contributed by atoms with E-state index in [1.165, 1.54) is 12.1 Å². The van der Waals surface area contributed by atoms with E-state index in [-0.39, 0.29) is 23.0 Å². The highest BCUT2D eigenvalue weighted by molar-refractivity contribution is 6.00. The molecule has 4 aromatic rings. The van der Waals surface area contributed by atoms with Crippen LogP contribution >= 0.6 is 0 Å². The van der Waals surface area contributed by atoms with Crippen LogP contribution in [0.4, 0.5) is 0 Å². The van der Waals surface area contributed by atoms with Crippen LogP contribution in [0.5, 0.6) is 23.0 Å². The lowest BCUT2D eigenvalue weighted by Crippen LogP contribution is -1.84. The first-order valence-corrected chi connectivity index (χ1v) is 7.45. The Morgan fingerprint density at radius 1 is 0.542 bits per heavy atom. The molecule has 0 unspecified atom stereocenters. The van der Waals surface area contributed by atoms with Gasteiger partial charge in [-0.05, 0) is 35.2 Å². The molecular formula is C20H14O4. The first-order chi connectivity index (χ1) is 11.6. The summed E-state index contributed by atoms with van der Waals surface area (Å²) in [6.07, 6.45) is 0. The average Bonchev–Trinajstić information content (AvgIpc) is 2.61. The zero-order valence-electron chi connectivity index (χ0n) is 12.6. The molecule has 0 heterocycles. The molecule has 118 valence electrons. The molecule has 4 aromatic carbocycles. The van der Waals surface area contributed by atoms with Crippen LogP contribution in [-0.4, -0.2) is 20.4 Å². The number of benzene rings is 4. The molecule has 0 amide bonds. The topological polar surface area (TPSA) is 80.9 Å². The molecule has 4 N–H and O–H groups in total. The van der Waals surface area contributed by atoms with Gasteiger partial charge in [0.25, 0.3) is 0 Å². The summed E-state index contributed by atoms with van der Waals surface area (Å²) < 4.78 is 0. The minimum absolute atomic E-state index is 0.0887. The normalized spacial score (nSPS) is 11.2. The van der Waals surface area contributed by atoms with Crippen LogP contribution in [-0.2, 0) is 0 Å². The third-order valence-electron chi connectivity index (χ3n) is 4.28. The zero-order chi connectivity index (χ0) is 16.8. The Bertz CT molecular complexity index is 1100.